The molecule has 7 heteroatoms. The fourth-order valence-corrected chi connectivity index (χ4v) is 2.71. The normalized spacial score (nSPS) is 11.0. The van der Waals surface area contributed by atoms with Gasteiger partial charge in [0.2, 0.25) is 5.65 Å². The van der Waals surface area contributed by atoms with Gasteiger partial charge >= 0.3 is 0 Å². The van der Waals surface area contributed by atoms with Gasteiger partial charge in [-0.05, 0) is 19.1 Å². The molecule has 0 atom stereocenters. The van der Waals surface area contributed by atoms with E-state index in [1.807, 2.05) is 29.7 Å². The van der Waals surface area contributed by atoms with Crippen LogP contribution in [0.15, 0.2) is 24.5 Å². The highest BCUT2D eigenvalue weighted by Gasteiger charge is 2.07. The van der Waals surface area contributed by atoms with Gasteiger partial charge in [-0.1, -0.05) is 11.6 Å². The van der Waals surface area contributed by atoms with Crippen LogP contribution in [0.25, 0.3) is 5.65 Å². The number of hydrogen-bond acceptors (Lipinski definition) is 5. The van der Waals surface area contributed by atoms with Crippen LogP contribution in [0.1, 0.15) is 10.7 Å². The average molecular weight is 280 g/mol. The van der Waals surface area contributed by atoms with Gasteiger partial charge < -0.3 is 5.32 Å². The summed E-state index contributed by atoms with van der Waals surface area (Å²) in [7, 11) is 0. The third-order valence-corrected chi connectivity index (χ3v) is 3.79. The van der Waals surface area contributed by atoms with Gasteiger partial charge in [-0.15, -0.1) is 21.5 Å². The quantitative estimate of drug-likeness (QED) is 0.801. The van der Waals surface area contributed by atoms with Crippen molar-refractivity contribution in [2.75, 3.05) is 5.32 Å². The molecule has 3 aromatic rings. The van der Waals surface area contributed by atoms with E-state index in [0.717, 1.165) is 26.5 Å². The predicted octanol–water partition coefficient (Wildman–Crippen LogP) is 2.76. The number of anilines is 1. The van der Waals surface area contributed by atoms with Crippen LogP contribution in [0.2, 0.25) is 4.34 Å². The molecule has 0 bridgehead atoms. The third kappa shape index (κ3) is 2.04. The van der Waals surface area contributed by atoms with Crippen LogP contribution in [-0.2, 0) is 6.54 Å². The van der Waals surface area contributed by atoms with E-state index in [1.54, 1.807) is 17.5 Å². The first-order valence-electron chi connectivity index (χ1n) is 5.38. The molecule has 0 unspecified atom stereocenters. The number of nitrogens with zero attached hydrogens (tertiary/aromatic N) is 4. The first-order valence-corrected chi connectivity index (χ1v) is 6.58. The van der Waals surface area contributed by atoms with E-state index >= 15 is 0 Å². The summed E-state index contributed by atoms with van der Waals surface area (Å²) in [5.41, 5.74) is 0.734. The van der Waals surface area contributed by atoms with Gasteiger partial charge in [0, 0.05) is 17.3 Å². The van der Waals surface area contributed by atoms with Crippen molar-refractivity contribution in [1.82, 2.24) is 19.6 Å². The Kier molecular flexibility index (Phi) is 2.89. The van der Waals surface area contributed by atoms with Crippen molar-refractivity contribution in [3.63, 3.8) is 0 Å². The highest BCUT2D eigenvalue weighted by molar-refractivity contribution is 7.16. The minimum absolute atomic E-state index is 0.677. The SMILES string of the molecule is Cc1nnc2c(NCc3ccc(Cl)s3)nccn12. The minimum atomic E-state index is 0.677. The lowest BCUT2D eigenvalue weighted by Gasteiger charge is -2.04. The van der Waals surface area contributed by atoms with Gasteiger partial charge in [0.1, 0.15) is 5.82 Å². The monoisotopic (exact) mass is 279 g/mol. The second kappa shape index (κ2) is 4.55. The molecule has 3 aromatic heterocycles. The van der Waals surface area contributed by atoms with Gasteiger partial charge in [-0.2, -0.15) is 0 Å². The molecule has 0 spiro atoms. The number of aromatic nitrogens is 4. The molecule has 0 aliphatic carbocycles. The number of hydrogen-bond donors (Lipinski definition) is 1. The lowest BCUT2D eigenvalue weighted by atomic mass is 10.4. The summed E-state index contributed by atoms with van der Waals surface area (Å²) >= 11 is 7.44. The van der Waals surface area contributed by atoms with Crippen LogP contribution < -0.4 is 5.32 Å². The molecule has 3 rings (SSSR count). The smallest absolute Gasteiger partial charge is 0.203 e. The van der Waals surface area contributed by atoms with Crippen molar-refractivity contribution in [2.45, 2.75) is 13.5 Å². The molecule has 0 aliphatic rings. The Balaban J connectivity index is 1.86. The lowest BCUT2D eigenvalue weighted by Crippen LogP contribution is -2.02. The van der Waals surface area contributed by atoms with E-state index in [0.29, 0.717) is 6.54 Å². The number of halogens is 1. The van der Waals surface area contributed by atoms with Crippen molar-refractivity contribution >= 4 is 34.4 Å². The fourth-order valence-electron chi connectivity index (χ4n) is 1.68. The number of thiophene rings is 1. The molecule has 0 radical (unpaired) electrons. The topological polar surface area (TPSA) is 55.1 Å². The predicted molar refractivity (Wildman–Crippen MR) is 72.2 cm³/mol. The molecule has 0 saturated heterocycles. The molecule has 1 N–H and O–H groups in total. The molecule has 5 nitrogen and oxygen atoms in total. The zero-order valence-electron chi connectivity index (χ0n) is 9.59. The van der Waals surface area contributed by atoms with E-state index in [4.69, 9.17) is 11.6 Å². The van der Waals surface area contributed by atoms with Crippen molar-refractivity contribution in [1.29, 1.82) is 0 Å². The van der Waals surface area contributed by atoms with Crippen LogP contribution in [0.4, 0.5) is 5.82 Å². The van der Waals surface area contributed by atoms with Crippen LogP contribution in [0, 0.1) is 6.92 Å². The molecule has 92 valence electrons. The fraction of sp³-hybridized carbons (Fsp3) is 0.182. The molecule has 18 heavy (non-hydrogen) atoms. The zero-order chi connectivity index (χ0) is 12.5. The van der Waals surface area contributed by atoms with E-state index in [9.17, 15) is 0 Å². The van der Waals surface area contributed by atoms with E-state index in [1.165, 1.54) is 0 Å². The maximum absolute atomic E-state index is 5.89. The molecule has 0 amide bonds. The first kappa shape index (κ1) is 11.4. The largest absolute Gasteiger partial charge is 0.362 e. The van der Waals surface area contributed by atoms with Crippen LogP contribution >= 0.6 is 22.9 Å². The molecular weight excluding hydrogens is 270 g/mol. The second-order valence-corrected chi connectivity index (χ2v) is 5.58. The average Bonchev–Trinajstić information content (AvgIpc) is 2.94. The third-order valence-electron chi connectivity index (χ3n) is 2.56. The van der Waals surface area contributed by atoms with Crippen molar-refractivity contribution < 1.29 is 0 Å². The molecular formula is C11H10ClN5S. The van der Waals surface area contributed by atoms with E-state index < -0.39 is 0 Å². The van der Waals surface area contributed by atoms with Crippen molar-refractivity contribution in [3.05, 3.63) is 39.6 Å². The molecule has 0 saturated carbocycles. The summed E-state index contributed by atoms with van der Waals surface area (Å²) in [5, 5.41) is 11.4. The van der Waals surface area contributed by atoms with Gasteiger partial charge in [-0.25, -0.2) is 4.98 Å². The van der Waals surface area contributed by atoms with Crippen molar-refractivity contribution in [3.8, 4) is 0 Å². The first-order chi connectivity index (χ1) is 8.74. The lowest BCUT2D eigenvalue weighted by molar-refractivity contribution is 1.00. The van der Waals surface area contributed by atoms with Gasteiger partial charge in [0.25, 0.3) is 0 Å². The minimum Gasteiger partial charge on any atom is -0.362 e. The highest BCUT2D eigenvalue weighted by atomic mass is 35.5. The molecule has 0 aromatic carbocycles. The van der Waals surface area contributed by atoms with E-state index in [-0.39, 0.29) is 0 Å². The Bertz CT molecular complexity index is 690. The number of rotatable bonds is 3. The number of aryl methyl sites for hydroxylation is 1. The van der Waals surface area contributed by atoms with Gasteiger partial charge in [-0.3, -0.25) is 4.40 Å². The Morgan fingerprint density at radius 2 is 2.28 bits per heavy atom. The Labute approximate surface area is 112 Å². The second-order valence-electron chi connectivity index (χ2n) is 3.78. The van der Waals surface area contributed by atoms with Crippen LogP contribution in [0.3, 0.4) is 0 Å². The van der Waals surface area contributed by atoms with Gasteiger partial charge in [0.05, 0.1) is 10.9 Å². The summed E-state index contributed by atoms with van der Waals surface area (Å²) in [5.74, 6) is 1.57. The molecule has 3 heterocycles. The highest BCUT2D eigenvalue weighted by Crippen LogP contribution is 2.22. The Morgan fingerprint density at radius 3 is 3.06 bits per heavy atom. The number of fused-ring (bicyclic) bond motifs is 1. The Hall–Kier alpha value is -1.66. The maximum Gasteiger partial charge on any atom is 0.203 e. The standard InChI is InChI=1S/C11H10ClN5S/c1-7-15-16-11-10(13-4-5-17(7)11)14-6-8-2-3-9(12)18-8/h2-5H,6H2,1H3,(H,13,14). The summed E-state index contributed by atoms with van der Waals surface area (Å²) in [6, 6.07) is 3.88. The summed E-state index contributed by atoms with van der Waals surface area (Å²) in [6.45, 7) is 2.58. The van der Waals surface area contributed by atoms with E-state index in [2.05, 4.69) is 20.5 Å². The molecule has 0 fully saturated rings. The Morgan fingerprint density at radius 1 is 1.39 bits per heavy atom. The summed E-state index contributed by atoms with van der Waals surface area (Å²) < 4.78 is 2.69. The zero-order valence-corrected chi connectivity index (χ0v) is 11.2. The van der Waals surface area contributed by atoms with Crippen molar-refractivity contribution in [2.24, 2.45) is 0 Å². The van der Waals surface area contributed by atoms with Crippen LogP contribution in [-0.4, -0.2) is 19.6 Å². The summed E-state index contributed by atoms with van der Waals surface area (Å²) in [6.07, 6.45) is 3.57. The molecule has 0 aliphatic heterocycles. The van der Waals surface area contributed by atoms with Crippen LogP contribution in [0.5, 0.6) is 0 Å². The maximum atomic E-state index is 5.89. The summed E-state index contributed by atoms with van der Waals surface area (Å²) in [4.78, 5) is 5.43. The number of nitrogens with one attached hydrogen (secondary N) is 1. The van der Waals surface area contributed by atoms with Gasteiger partial charge in [0.15, 0.2) is 5.82 Å².